The van der Waals surface area contributed by atoms with Crippen molar-refractivity contribution in [3.8, 4) is 50.5 Å². The number of hydrogen-bond donors (Lipinski definition) is 0. The monoisotopic (exact) mass is 834 g/mol. The van der Waals surface area contributed by atoms with Gasteiger partial charge in [0.2, 0.25) is 5.95 Å². The third-order valence-electron chi connectivity index (χ3n) is 14.6. The highest BCUT2D eigenvalue weighted by molar-refractivity contribution is 5.86. The maximum absolute atomic E-state index is 5.01. The molecule has 13 rings (SSSR count). The van der Waals surface area contributed by atoms with Crippen LogP contribution in [0.15, 0.2) is 206 Å². The number of hydrogen-bond acceptors (Lipinski definition) is 3. The summed E-state index contributed by atoms with van der Waals surface area (Å²) in [5.41, 5.74) is 18.8. The zero-order chi connectivity index (χ0) is 43.2. The summed E-state index contributed by atoms with van der Waals surface area (Å²) < 4.78 is 2.24. The summed E-state index contributed by atoms with van der Waals surface area (Å²) in [6.07, 6.45) is 17.2. The third-order valence-corrected chi connectivity index (χ3v) is 14.6. The number of aromatic nitrogens is 3. The van der Waals surface area contributed by atoms with E-state index in [9.17, 15) is 0 Å². The molecular weight excluding hydrogens is 789 g/mol. The Balaban J connectivity index is 0.796. The molecule has 0 radical (unpaired) electrons. The van der Waals surface area contributed by atoms with Crippen LogP contribution in [0.3, 0.4) is 0 Å². The highest BCUT2D eigenvalue weighted by Gasteiger charge is 2.41. The number of nitrogens with zero attached hydrogens (tertiary/aromatic N) is 4. The Morgan fingerprint density at radius 1 is 0.569 bits per heavy atom. The number of anilines is 2. The van der Waals surface area contributed by atoms with Crippen LogP contribution in [-0.4, -0.2) is 20.6 Å². The number of rotatable bonds is 6. The van der Waals surface area contributed by atoms with E-state index >= 15 is 0 Å². The third kappa shape index (κ3) is 5.97. The Labute approximate surface area is 379 Å². The van der Waals surface area contributed by atoms with Crippen LogP contribution in [0.4, 0.5) is 11.4 Å². The molecule has 9 aromatic rings. The van der Waals surface area contributed by atoms with Gasteiger partial charge < -0.3 is 4.90 Å². The van der Waals surface area contributed by atoms with Crippen LogP contribution in [0, 0.1) is 5.92 Å². The largest absolute Gasteiger partial charge is 0.333 e. The van der Waals surface area contributed by atoms with Crippen molar-refractivity contribution in [3.05, 3.63) is 233 Å². The van der Waals surface area contributed by atoms with E-state index in [4.69, 9.17) is 9.97 Å². The normalized spacial score (nSPS) is 18.5. The lowest BCUT2D eigenvalue weighted by Gasteiger charge is -2.32. The van der Waals surface area contributed by atoms with Crippen LogP contribution in [0.5, 0.6) is 0 Å². The minimum absolute atomic E-state index is 0.0498. The molecule has 3 atom stereocenters. The zero-order valence-corrected chi connectivity index (χ0v) is 36.4. The lowest BCUT2D eigenvalue weighted by molar-refractivity contribution is 0.659. The Kier molecular flexibility index (Phi) is 8.48. The van der Waals surface area contributed by atoms with E-state index < -0.39 is 0 Å². The standard InChI is InChI=1S/C61H46N4/c1-61(2)54-20-9-6-17-48(54)49-30-29-47(36-55(49)61)64-56-21-10-7-18-50(56)52-34-44(27-31-58(52)64)45-28-32-59-53(35-45)51-19-8-11-22-57(51)65(59)60-62-37-46(38-63-60)41-25-23-40(24-26-41)43-16-12-15-42(33-43)39-13-4-3-5-14-39/h3-27,29-38,45,52,58H,28H2,1-2H3. The molecular formula is C61H46N4. The molecule has 4 nitrogen and oxygen atoms in total. The van der Waals surface area contributed by atoms with Gasteiger partial charge in [-0.3, -0.25) is 4.57 Å². The van der Waals surface area contributed by atoms with Gasteiger partial charge >= 0.3 is 0 Å². The van der Waals surface area contributed by atoms with Crippen LogP contribution in [0.25, 0.3) is 73.5 Å². The molecule has 4 aliphatic rings. The van der Waals surface area contributed by atoms with Crippen LogP contribution < -0.4 is 15.5 Å². The SMILES string of the molecule is CC1(C)c2ccccc2-c2ccc(N3c4ccccc4C4C=C(C5C=c6c(n(-c7ncc(-c8ccc(-c9cccc(-c%10ccccc%10)c9)cc8)cn7)c7ccccc67)=CC5)C=CC43)cc21. The highest BCUT2D eigenvalue weighted by atomic mass is 15.2. The smallest absolute Gasteiger partial charge is 0.234 e. The van der Waals surface area contributed by atoms with Crippen LogP contribution in [-0.2, 0) is 5.41 Å². The van der Waals surface area contributed by atoms with E-state index in [2.05, 4.69) is 224 Å². The van der Waals surface area contributed by atoms with E-state index in [1.807, 2.05) is 12.4 Å². The maximum Gasteiger partial charge on any atom is 0.234 e. The van der Waals surface area contributed by atoms with E-state index in [0.29, 0.717) is 5.95 Å². The predicted molar refractivity (Wildman–Crippen MR) is 268 cm³/mol. The second-order valence-electron chi connectivity index (χ2n) is 18.5. The van der Waals surface area contributed by atoms with Gasteiger partial charge in [0.25, 0.3) is 0 Å². The second kappa shape index (κ2) is 14.6. The molecule has 0 bridgehead atoms. The van der Waals surface area contributed by atoms with Crippen molar-refractivity contribution >= 4 is 34.4 Å². The summed E-state index contributed by atoms with van der Waals surface area (Å²) >= 11 is 0. The fraction of sp³-hybridized carbons (Fsp3) is 0.115. The van der Waals surface area contributed by atoms with Gasteiger partial charge in [-0.25, -0.2) is 9.97 Å². The minimum Gasteiger partial charge on any atom is -0.333 e. The fourth-order valence-electron chi connectivity index (χ4n) is 11.3. The van der Waals surface area contributed by atoms with Crippen LogP contribution in [0.2, 0.25) is 0 Å². The predicted octanol–water partition coefficient (Wildman–Crippen LogP) is 13.1. The topological polar surface area (TPSA) is 34.0 Å². The number of benzene rings is 7. The Bertz CT molecular complexity index is 3560. The van der Waals surface area contributed by atoms with Crippen molar-refractivity contribution in [1.82, 2.24) is 14.5 Å². The highest BCUT2D eigenvalue weighted by Crippen LogP contribution is 2.53. The van der Waals surface area contributed by atoms with Gasteiger partial charge in [-0.05, 0) is 98.0 Å². The molecule has 3 unspecified atom stereocenters. The molecule has 0 fully saturated rings. The van der Waals surface area contributed by atoms with Crippen LogP contribution in [0.1, 0.15) is 42.9 Å². The molecule has 4 heteroatoms. The molecule has 1 aliphatic heterocycles. The summed E-state index contributed by atoms with van der Waals surface area (Å²) in [4.78, 5) is 12.6. The molecule has 3 heterocycles. The molecule has 0 spiro atoms. The van der Waals surface area contributed by atoms with Gasteiger partial charge in [0.1, 0.15) is 0 Å². The summed E-state index contributed by atoms with van der Waals surface area (Å²) in [5, 5.41) is 3.64. The van der Waals surface area contributed by atoms with Crippen molar-refractivity contribution in [2.45, 2.75) is 37.6 Å². The Morgan fingerprint density at radius 3 is 2.08 bits per heavy atom. The average molecular weight is 835 g/mol. The molecule has 7 aromatic carbocycles. The molecule has 310 valence electrons. The lowest BCUT2D eigenvalue weighted by atomic mass is 9.81. The van der Waals surface area contributed by atoms with E-state index in [1.54, 1.807) is 0 Å². The van der Waals surface area contributed by atoms with Gasteiger partial charge in [0.05, 0.1) is 16.9 Å². The number of allylic oxidation sites excluding steroid dienone is 2. The first kappa shape index (κ1) is 37.7. The molecule has 0 N–H and O–H groups in total. The van der Waals surface area contributed by atoms with Crippen molar-refractivity contribution in [2.75, 3.05) is 4.90 Å². The summed E-state index contributed by atoms with van der Waals surface area (Å²) in [6.45, 7) is 4.74. The minimum atomic E-state index is -0.0498. The van der Waals surface area contributed by atoms with E-state index in [1.165, 1.54) is 77.6 Å². The molecule has 0 amide bonds. The Morgan fingerprint density at radius 2 is 1.25 bits per heavy atom. The van der Waals surface area contributed by atoms with Crippen molar-refractivity contribution < 1.29 is 0 Å². The maximum atomic E-state index is 5.01. The molecule has 2 aromatic heterocycles. The summed E-state index contributed by atoms with van der Waals surface area (Å²) in [7, 11) is 0. The molecule has 65 heavy (non-hydrogen) atoms. The van der Waals surface area contributed by atoms with Gasteiger partial charge in [-0.15, -0.1) is 0 Å². The number of para-hydroxylation sites is 2. The van der Waals surface area contributed by atoms with Crippen molar-refractivity contribution in [2.24, 2.45) is 5.92 Å². The zero-order valence-electron chi connectivity index (χ0n) is 36.4. The lowest BCUT2D eigenvalue weighted by Crippen LogP contribution is -2.34. The summed E-state index contributed by atoms with van der Waals surface area (Å²) in [6, 6.07) is 62.0. The van der Waals surface area contributed by atoms with E-state index in [-0.39, 0.29) is 23.3 Å². The van der Waals surface area contributed by atoms with Gasteiger partial charge in [-0.1, -0.05) is 184 Å². The first-order valence-corrected chi connectivity index (χ1v) is 22.9. The van der Waals surface area contributed by atoms with Gasteiger partial charge in [0.15, 0.2) is 0 Å². The van der Waals surface area contributed by atoms with Crippen LogP contribution >= 0.6 is 0 Å². The molecule has 0 saturated carbocycles. The average Bonchev–Trinajstić information content (AvgIpc) is 3.96. The van der Waals surface area contributed by atoms with Crippen molar-refractivity contribution in [1.29, 1.82) is 0 Å². The van der Waals surface area contributed by atoms with E-state index in [0.717, 1.165) is 28.4 Å². The Hall–Kier alpha value is -7.82. The second-order valence-corrected chi connectivity index (χ2v) is 18.5. The van der Waals surface area contributed by atoms with Gasteiger partial charge in [0, 0.05) is 57.2 Å². The van der Waals surface area contributed by atoms with Gasteiger partial charge in [-0.2, -0.15) is 0 Å². The number of fused-ring (bicyclic) bond motifs is 9. The molecule has 3 aliphatic carbocycles. The van der Waals surface area contributed by atoms with Crippen molar-refractivity contribution in [3.63, 3.8) is 0 Å². The quantitative estimate of drug-likeness (QED) is 0.167. The fourth-order valence-corrected chi connectivity index (χ4v) is 11.3. The first-order valence-electron chi connectivity index (χ1n) is 22.9. The molecule has 0 saturated heterocycles. The summed E-state index contributed by atoms with van der Waals surface area (Å²) in [5.74, 6) is 1.20. The first-order chi connectivity index (χ1) is 32.0.